The van der Waals surface area contributed by atoms with Crippen LogP contribution in [0.25, 0.3) is 0 Å². The first-order valence-electron chi connectivity index (χ1n) is 11.6. The number of nitrogens with zero attached hydrogens (tertiary/aromatic N) is 1. The van der Waals surface area contributed by atoms with E-state index in [2.05, 4.69) is 9.47 Å². The molecule has 46 heavy (non-hydrogen) atoms. The molecule has 0 N–H and O–H groups in total. The first kappa shape index (κ1) is 59.1. The molecule has 0 aromatic heterocycles. The predicted octanol–water partition coefficient (Wildman–Crippen LogP) is 9.94. The van der Waals surface area contributed by atoms with Crippen molar-refractivity contribution in [2.75, 3.05) is 27.8 Å². The summed E-state index contributed by atoms with van der Waals surface area (Å²) in [6, 6.07) is 0. The molecule has 0 saturated carbocycles. The van der Waals surface area contributed by atoms with Crippen molar-refractivity contribution in [1.29, 1.82) is 0 Å². The lowest BCUT2D eigenvalue weighted by molar-refractivity contribution is -0.422. The summed E-state index contributed by atoms with van der Waals surface area (Å²) >= 11 is 0. The summed E-state index contributed by atoms with van der Waals surface area (Å²) in [6.45, 7) is 3.70. The third-order valence-electron chi connectivity index (χ3n) is 6.51. The molecule has 0 aromatic carbocycles. The monoisotopic (exact) mass is 707 g/mol. The number of alkyl halides is 11. The number of amides is 1. The van der Waals surface area contributed by atoms with Crippen LogP contribution >= 0.6 is 0 Å². The Morgan fingerprint density at radius 2 is 1.09 bits per heavy atom. The molecule has 2 atom stereocenters. The van der Waals surface area contributed by atoms with Crippen molar-refractivity contribution in [2.45, 2.75) is 128 Å². The minimum Gasteiger partial charge on any atom is -0.469 e. The van der Waals surface area contributed by atoms with Gasteiger partial charge < -0.3 is 14.4 Å². The van der Waals surface area contributed by atoms with Gasteiger partial charge >= 0.3 is 41.8 Å². The SMILES string of the molecule is C.C.C.C.C.C.CCC(C)(CC(CC(C)(C)C(=O)OC)C(=O)N(C)C)C(=O)OCCC(F)(F)C(F)(F)C(F)(F)C(F)(F)C(F)(F)F. The Morgan fingerprint density at radius 3 is 1.41 bits per heavy atom. The molecule has 0 bridgehead atoms. The molecule has 0 aliphatic carbocycles. The maximum atomic E-state index is 13.9. The van der Waals surface area contributed by atoms with Gasteiger partial charge in [-0.1, -0.05) is 51.5 Å². The molecule has 0 saturated heterocycles. The molecule has 17 heteroatoms. The van der Waals surface area contributed by atoms with Crippen LogP contribution in [0.3, 0.4) is 0 Å². The summed E-state index contributed by atoms with van der Waals surface area (Å²) in [6.07, 6.45) is -10.5. The zero-order chi connectivity index (χ0) is 32.3. The van der Waals surface area contributed by atoms with E-state index >= 15 is 0 Å². The molecule has 6 nitrogen and oxygen atoms in total. The van der Waals surface area contributed by atoms with Gasteiger partial charge in [0.05, 0.1) is 31.0 Å². The summed E-state index contributed by atoms with van der Waals surface area (Å²) in [5, 5.41) is 0. The number of hydrogen-bond donors (Lipinski definition) is 0. The lowest BCUT2D eigenvalue weighted by Gasteiger charge is -2.37. The second-order valence-corrected chi connectivity index (χ2v) is 10.4. The number of hydrogen-bond acceptors (Lipinski definition) is 5. The van der Waals surface area contributed by atoms with Crippen molar-refractivity contribution in [3.63, 3.8) is 0 Å². The van der Waals surface area contributed by atoms with Crippen molar-refractivity contribution in [1.82, 2.24) is 4.90 Å². The fourth-order valence-electron chi connectivity index (χ4n) is 3.71. The number of methoxy groups -OCH3 is 1. The Kier molecular flexibility index (Phi) is 25.0. The molecule has 0 aliphatic rings. The van der Waals surface area contributed by atoms with E-state index < -0.39 is 77.5 Å². The van der Waals surface area contributed by atoms with Crippen LogP contribution in [-0.4, -0.2) is 80.4 Å². The lowest BCUT2D eigenvalue weighted by atomic mass is 9.72. The number of rotatable bonds is 14. The second-order valence-electron chi connectivity index (χ2n) is 10.4. The molecular weight excluding hydrogens is 651 g/mol. The molecule has 284 valence electrons. The van der Waals surface area contributed by atoms with Crippen LogP contribution in [0, 0.1) is 16.7 Å². The van der Waals surface area contributed by atoms with Crippen LogP contribution in [-0.2, 0) is 23.9 Å². The summed E-state index contributed by atoms with van der Waals surface area (Å²) in [7, 11) is 3.82. The number of esters is 2. The van der Waals surface area contributed by atoms with E-state index in [9.17, 15) is 62.7 Å². The van der Waals surface area contributed by atoms with Gasteiger partial charge in [0.1, 0.15) is 0 Å². The van der Waals surface area contributed by atoms with Crippen LogP contribution in [0.1, 0.15) is 97.9 Å². The lowest BCUT2D eigenvalue weighted by Crippen LogP contribution is -2.66. The van der Waals surface area contributed by atoms with Crippen molar-refractivity contribution in [2.24, 2.45) is 16.7 Å². The van der Waals surface area contributed by atoms with E-state index in [1.165, 1.54) is 41.8 Å². The maximum absolute atomic E-state index is 13.9. The van der Waals surface area contributed by atoms with Gasteiger partial charge in [0.2, 0.25) is 5.91 Å². The van der Waals surface area contributed by atoms with Gasteiger partial charge in [-0.3, -0.25) is 14.4 Å². The van der Waals surface area contributed by atoms with Crippen molar-refractivity contribution >= 4 is 17.8 Å². The molecule has 0 aliphatic heterocycles. The Hall–Kier alpha value is -2.36. The van der Waals surface area contributed by atoms with Gasteiger partial charge in [0.25, 0.3) is 0 Å². The fraction of sp³-hybridized carbons (Fsp3) is 0.897. The van der Waals surface area contributed by atoms with E-state index in [0.29, 0.717) is 0 Å². The van der Waals surface area contributed by atoms with Crippen LogP contribution < -0.4 is 0 Å². The standard InChI is InChI=1S/C23H32F11NO5.6CH4/c1-8-18(4,12-13(14(36)35(5)6)11-17(2,3)15(37)39-7)16(38)40-10-9-19(24,25)20(26,27)21(28,29)22(30,31)23(32,33)34;;;;;;/h13H,8-12H2,1-7H3;6*1H4. The molecule has 1 amide bonds. The van der Waals surface area contributed by atoms with Crippen LogP contribution in [0.4, 0.5) is 48.3 Å². The van der Waals surface area contributed by atoms with E-state index in [1.807, 2.05) is 0 Å². The predicted molar refractivity (Wildman–Crippen MR) is 157 cm³/mol. The maximum Gasteiger partial charge on any atom is 0.460 e. The third-order valence-corrected chi connectivity index (χ3v) is 6.51. The Labute approximate surface area is 267 Å². The topological polar surface area (TPSA) is 72.9 Å². The van der Waals surface area contributed by atoms with Crippen molar-refractivity contribution < 1.29 is 72.2 Å². The van der Waals surface area contributed by atoms with E-state index in [-0.39, 0.29) is 63.8 Å². The van der Waals surface area contributed by atoms with E-state index in [4.69, 9.17) is 0 Å². The Balaban J connectivity index is -0.000000507. The molecule has 0 heterocycles. The van der Waals surface area contributed by atoms with Gasteiger partial charge in [-0.2, -0.15) is 48.3 Å². The van der Waals surface area contributed by atoms with Gasteiger partial charge in [0.15, 0.2) is 0 Å². The largest absolute Gasteiger partial charge is 0.469 e. The molecule has 2 unspecified atom stereocenters. The average molecular weight is 708 g/mol. The Bertz CT molecular complexity index is 924. The van der Waals surface area contributed by atoms with Crippen molar-refractivity contribution in [3.05, 3.63) is 0 Å². The zero-order valence-corrected chi connectivity index (χ0v) is 22.8. The summed E-state index contributed by atoms with van der Waals surface area (Å²) < 4.78 is 154. The summed E-state index contributed by atoms with van der Waals surface area (Å²) in [5.41, 5.74) is -2.95. The number of ether oxygens (including phenoxy) is 2. The third kappa shape index (κ3) is 12.0. The first-order chi connectivity index (χ1) is 17.6. The van der Waals surface area contributed by atoms with Gasteiger partial charge in [-0.15, -0.1) is 0 Å². The quantitative estimate of drug-likeness (QED) is 0.133. The second kappa shape index (κ2) is 19.5. The minimum atomic E-state index is -7.56. The fourth-order valence-corrected chi connectivity index (χ4v) is 3.71. The van der Waals surface area contributed by atoms with Gasteiger partial charge in [-0.25, -0.2) is 0 Å². The highest BCUT2D eigenvalue weighted by Gasteiger charge is 2.86. The van der Waals surface area contributed by atoms with Gasteiger partial charge in [0, 0.05) is 20.0 Å². The number of halogens is 11. The number of carbonyl (C=O) groups excluding carboxylic acids is 3. The average Bonchev–Trinajstić information content (AvgIpc) is 2.80. The highest BCUT2D eigenvalue weighted by Crippen LogP contribution is 2.58. The molecular formula is C29H56F11NO5. The van der Waals surface area contributed by atoms with Crippen LogP contribution in [0.2, 0.25) is 0 Å². The smallest absolute Gasteiger partial charge is 0.460 e. The molecule has 0 fully saturated rings. The van der Waals surface area contributed by atoms with Crippen LogP contribution in [0.15, 0.2) is 0 Å². The van der Waals surface area contributed by atoms with Crippen molar-refractivity contribution in [3.8, 4) is 0 Å². The highest BCUT2D eigenvalue weighted by atomic mass is 19.4. The molecule has 0 aromatic rings. The minimum absolute atomic E-state index is 0. The molecule has 0 radical (unpaired) electrons. The van der Waals surface area contributed by atoms with E-state index in [1.54, 1.807) is 0 Å². The molecule has 0 rings (SSSR count). The Morgan fingerprint density at radius 1 is 0.674 bits per heavy atom. The zero-order valence-electron chi connectivity index (χ0n) is 22.8. The first-order valence-corrected chi connectivity index (χ1v) is 11.6. The normalized spacial score (nSPS) is 14.0. The summed E-state index contributed by atoms with van der Waals surface area (Å²) in [5.74, 6) is -32.2. The highest BCUT2D eigenvalue weighted by molar-refractivity contribution is 5.83. The van der Waals surface area contributed by atoms with Gasteiger partial charge in [-0.05, 0) is 40.0 Å². The summed E-state index contributed by atoms with van der Waals surface area (Å²) in [4.78, 5) is 38.7. The van der Waals surface area contributed by atoms with Crippen LogP contribution in [0.5, 0.6) is 0 Å². The van der Waals surface area contributed by atoms with E-state index in [0.717, 1.165) is 12.0 Å². The number of carbonyl (C=O) groups is 3. The molecule has 0 spiro atoms.